The highest BCUT2D eigenvalue weighted by Crippen LogP contribution is 2.32. The fourth-order valence-electron chi connectivity index (χ4n) is 3.21. The molecule has 6 heteroatoms. The Kier molecular flexibility index (Phi) is 6.27. The highest BCUT2D eigenvalue weighted by atomic mass is 19.2. The third-order valence-electron chi connectivity index (χ3n) is 4.59. The van der Waals surface area contributed by atoms with Crippen LogP contribution in [0, 0.1) is 11.6 Å². The molecule has 27 heavy (non-hydrogen) atoms. The van der Waals surface area contributed by atoms with E-state index in [0.29, 0.717) is 11.3 Å². The zero-order chi connectivity index (χ0) is 19.2. The summed E-state index contributed by atoms with van der Waals surface area (Å²) in [4.78, 5) is 10.5. The second-order valence-corrected chi connectivity index (χ2v) is 6.64. The molecular weight excluding hydrogens is 354 g/mol. The van der Waals surface area contributed by atoms with Gasteiger partial charge in [0.2, 0.25) is 5.82 Å². The third-order valence-corrected chi connectivity index (χ3v) is 4.59. The molecule has 0 spiro atoms. The number of ether oxygens (including phenoxy) is 2. The van der Waals surface area contributed by atoms with Crippen molar-refractivity contribution in [2.75, 3.05) is 6.61 Å². The van der Waals surface area contributed by atoms with Crippen molar-refractivity contribution in [1.29, 1.82) is 0 Å². The van der Waals surface area contributed by atoms with E-state index < -0.39 is 17.6 Å². The van der Waals surface area contributed by atoms with Gasteiger partial charge in [-0.25, -0.2) is 4.39 Å². The van der Waals surface area contributed by atoms with Crippen molar-refractivity contribution in [3.63, 3.8) is 0 Å². The van der Waals surface area contributed by atoms with Crippen LogP contribution in [0.15, 0.2) is 36.4 Å². The summed E-state index contributed by atoms with van der Waals surface area (Å²) in [7, 11) is 0. The molecule has 0 saturated heterocycles. The number of carboxylic acid groups (broad SMARTS) is 1. The molecule has 2 aromatic carbocycles. The summed E-state index contributed by atoms with van der Waals surface area (Å²) in [5.41, 5.74) is 0.654. The van der Waals surface area contributed by atoms with Crippen molar-refractivity contribution in [2.45, 2.75) is 44.6 Å². The molecule has 0 unspecified atom stereocenters. The van der Waals surface area contributed by atoms with E-state index in [1.807, 2.05) is 6.07 Å². The van der Waals surface area contributed by atoms with Gasteiger partial charge in [-0.2, -0.15) is 4.39 Å². The predicted molar refractivity (Wildman–Crippen MR) is 97.0 cm³/mol. The number of benzene rings is 2. The largest absolute Gasteiger partial charge is 0.490 e. The van der Waals surface area contributed by atoms with E-state index in [1.54, 1.807) is 18.2 Å². The summed E-state index contributed by atoms with van der Waals surface area (Å²) in [6, 6.07) is 9.80. The summed E-state index contributed by atoms with van der Waals surface area (Å²) in [5.74, 6) is -2.61. The first kappa shape index (κ1) is 19.1. The Bertz CT molecular complexity index is 801. The average Bonchev–Trinajstić information content (AvgIpc) is 3.15. The fourth-order valence-corrected chi connectivity index (χ4v) is 3.21. The van der Waals surface area contributed by atoms with Crippen LogP contribution in [-0.4, -0.2) is 23.8 Å². The number of halogens is 2. The smallest absolute Gasteiger partial charge is 0.303 e. The summed E-state index contributed by atoms with van der Waals surface area (Å²) in [5, 5.41) is 8.58. The lowest BCUT2D eigenvalue weighted by atomic mass is 10.0. The second kappa shape index (κ2) is 8.84. The number of hydrogen-bond acceptors (Lipinski definition) is 3. The summed E-state index contributed by atoms with van der Waals surface area (Å²) in [6.07, 6.45) is 4.65. The SMILES string of the molecule is O=C(O)CCCOc1ccc(-c2cccc(OC3CCCC3)c2)c(F)c1F. The van der Waals surface area contributed by atoms with Crippen LogP contribution in [-0.2, 0) is 4.79 Å². The highest BCUT2D eigenvalue weighted by Gasteiger charge is 2.18. The van der Waals surface area contributed by atoms with E-state index in [9.17, 15) is 13.6 Å². The average molecular weight is 376 g/mol. The van der Waals surface area contributed by atoms with Gasteiger partial charge in [-0.05, 0) is 61.9 Å². The van der Waals surface area contributed by atoms with Crippen LogP contribution in [0.4, 0.5) is 8.78 Å². The zero-order valence-electron chi connectivity index (χ0n) is 14.9. The van der Waals surface area contributed by atoms with E-state index in [2.05, 4.69) is 0 Å². The molecule has 3 rings (SSSR count). The molecule has 1 aliphatic rings. The lowest BCUT2D eigenvalue weighted by Crippen LogP contribution is -2.10. The topological polar surface area (TPSA) is 55.8 Å². The van der Waals surface area contributed by atoms with Gasteiger partial charge in [-0.15, -0.1) is 0 Å². The minimum absolute atomic E-state index is 0.00667. The predicted octanol–water partition coefficient (Wildman–Crippen LogP) is 5.20. The Balaban J connectivity index is 1.72. The second-order valence-electron chi connectivity index (χ2n) is 6.64. The molecule has 1 saturated carbocycles. The van der Waals surface area contributed by atoms with Crippen molar-refractivity contribution in [3.05, 3.63) is 48.0 Å². The van der Waals surface area contributed by atoms with Crippen LogP contribution in [0.5, 0.6) is 11.5 Å². The quantitative estimate of drug-likeness (QED) is 0.644. The van der Waals surface area contributed by atoms with Crippen molar-refractivity contribution in [3.8, 4) is 22.6 Å². The maximum absolute atomic E-state index is 14.5. The van der Waals surface area contributed by atoms with E-state index in [1.165, 1.54) is 12.1 Å². The van der Waals surface area contributed by atoms with Gasteiger partial charge in [0.15, 0.2) is 11.6 Å². The van der Waals surface area contributed by atoms with Crippen molar-refractivity contribution < 1.29 is 28.2 Å². The molecule has 2 aromatic rings. The van der Waals surface area contributed by atoms with Gasteiger partial charge >= 0.3 is 5.97 Å². The molecule has 144 valence electrons. The molecule has 0 aromatic heterocycles. The van der Waals surface area contributed by atoms with Gasteiger partial charge in [0.25, 0.3) is 0 Å². The molecule has 1 aliphatic carbocycles. The summed E-state index contributed by atoms with van der Waals surface area (Å²) >= 11 is 0. The standard InChI is InChI=1S/C21H22F2O4/c22-20-17(10-11-18(21(20)23)26-12-4-9-19(24)25)14-5-3-8-16(13-14)27-15-6-1-2-7-15/h3,5,8,10-11,13,15H,1-2,4,6-7,9,12H2,(H,24,25). The number of aliphatic carboxylic acids is 1. The van der Waals surface area contributed by atoms with Crippen LogP contribution < -0.4 is 9.47 Å². The summed E-state index contributed by atoms with van der Waals surface area (Å²) in [6.45, 7) is 0.00667. The lowest BCUT2D eigenvalue weighted by molar-refractivity contribution is -0.137. The third kappa shape index (κ3) is 4.96. The first-order valence-electron chi connectivity index (χ1n) is 9.14. The molecule has 0 heterocycles. The molecule has 0 bridgehead atoms. The van der Waals surface area contributed by atoms with Gasteiger partial charge < -0.3 is 14.6 Å². The molecule has 1 N–H and O–H groups in total. The number of carbonyl (C=O) groups is 1. The Hall–Kier alpha value is -2.63. The van der Waals surface area contributed by atoms with Gasteiger partial charge in [0.05, 0.1) is 12.7 Å². The highest BCUT2D eigenvalue weighted by molar-refractivity contribution is 5.67. The van der Waals surface area contributed by atoms with Gasteiger partial charge in [0, 0.05) is 12.0 Å². The lowest BCUT2D eigenvalue weighted by Gasteiger charge is -2.14. The van der Waals surface area contributed by atoms with E-state index in [4.69, 9.17) is 14.6 Å². The molecule has 1 fully saturated rings. The normalized spacial score (nSPS) is 14.3. The minimum atomic E-state index is -1.08. The van der Waals surface area contributed by atoms with E-state index in [-0.39, 0.29) is 36.9 Å². The van der Waals surface area contributed by atoms with Crippen LogP contribution in [0.25, 0.3) is 11.1 Å². The van der Waals surface area contributed by atoms with Crippen molar-refractivity contribution in [1.82, 2.24) is 0 Å². The number of carboxylic acids is 1. The van der Waals surface area contributed by atoms with Gasteiger partial charge in [0.1, 0.15) is 5.75 Å². The minimum Gasteiger partial charge on any atom is -0.490 e. The Morgan fingerprint density at radius 2 is 1.89 bits per heavy atom. The van der Waals surface area contributed by atoms with Crippen molar-refractivity contribution in [2.24, 2.45) is 0 Å². The number of hydrogen-bond donors (Lipinski definition) is 1. The first-order chi connectivity index (χ1) is 13.0. The zero-order valence-corrected chi connectivity index (χ0v) is 14.9. The Labute approximate surface area is 156 Å². The van der Waals surface area contributed by atoms with Crippen LogP contribution in [0.3, 0.4) is 0 Å². The first-order valence-corrected chi connectivity index (χ1v) is 9.14. The molecule has 0 radical (unpaired) electrons. The van der Waals surface area contributed by atoms with Gasteiger partial charge in [-0.3, -0.25) is 4.79 Å². The Morgan fingerprint density at radius 1 is 1.11 bits per heavy atom. The molecule has 4 nitrogen and oxygen atoms in total. The number of rotatable bonds is 8. The summed E-state index contributed by atoms with van der Waals surface area (Å²) < 4.78 is 39.9. The molecule has 0 aliphatic heterocycles. The van der Waals surface area contributed by atoms with Crippen molar-refractivity contribution >= 4 is 5.97 Å². The van der Waals surface area contributed by atoms with Gasteiger partial charge in [-0.1, -0.05) is 12.1 Å². The van der Waals surface area contributed by atoms with Crippen LogP contribution in [0.2, 0.25) is 0 Å². The van der Waals surface area contributed by atoms with Crippen LogP contribution in [0.1, 0.15) is 38.5 Å². The maximum atomic E-state index is 14.5. The van der Waals surface area contributed by atoms with E-state index in [0.717, 1.165) is 25.7 Å². The fraction of sp³-hybridized carbons (Fsp3) is 0.381. The van der Waals surface area contributed by atoms with E-state index >= 15 is 0 Å². The monoisotopic (exact) mass is 376 g/mol. The molecular formula is C21H22F2O4. The van der Waals surface area contributed by atoms with Crippen LogP contribution >= 0.6 is 0 Å². The molecule has 0 atom stereocenters. The maximum Gasteiger partial charge on any atom is 0.303 e. The molecule has 0 amide bonds. The Morgan fingerprint density at radius 3 is 2.63 bits per heavy atom.